The molecule has 2 aromatic rings. The molecule has 0 fully saturated rings. The van der Waals surface area contributed by atoms with Gasteiger partial charge in [-0.2, -0.15) is 0 Å². The summed E-state index contributed by atoms with van der Waals surface area (Å²) < 4.78 is 10.3. The second-order valence-corrected chi connectivity index (χ2v) is 5.52. The first kappa shape index (κ1) is 18.7. The lowest BCUT2D eigenvalue weighted by Gasteiger charge is -2.09. The molecule has 0 aliphatic heterocycles. The van der Waals surface area contributed by atoms with Gasteiger partial charge in [0.25, 0.3) is 5.91 Å². The van der Waals surface area contributed by atoms with Crippen molar-refractivity contribution >= 4 is 11.7 Å². The number of aromatic nitrogens is 1. The Bertz CT molecular complexity index is 659. The Balaban J connectivity index is 1.78. The average molecular weight is 343 g/mol. The Labute approximate surface area is 148 Å². The van der Waals surface area contributed by atoms with Crippen molar-refractivity contribution in [3.8, 4) is 5.75 Å². The topological polar surface area (TPSA) is 72.5 Å². The normalized spacial score (nSPS) is 10.3. The lowest BCUT2D eigenvalue weighted by molar-refractivity contribution is 0.0953. The number of methoxy groups -OCH3 is 2. The van der Waals surface area contributed by atoms with Crippen molar-refractivity contribution in [1.29, 1.82) is 0 Å². The van der Waals surface area contributed by atoms with Gasteiger partial charge in [-0.15, -0.1) is 0 Å². The molecule has 25 heavy (non-hydrogen) atoms. The van der Waals surface area contributed by atoms with Crippen molar-refractivity contribution < 1.29 is 14.3 Å². The van der Waals surface area contributed by atoms with Crippen molar-refractivity contribution in [2.24, 2.45) is 0 Å². The molecule has 0 saturated heterocycles. The van der Waals surface area contributed by atoms with Crippen LogP contribution in [0, 0.1) is 0 Å². The van der Waals surface area contributed by atoms with Crippen LogP contribution >= 0.6 is 0 Å². The number of carbonyl (C=O) groups excluding carboxylic acids is 1. The molecule has 2 N–H and O–H groups in total. The van der Waals surface area contributed by atoms with Crippen molar-refractivity contribution in [2.45, 2.75) is 12.8 Å². The van der Waals surface area contributed by atoms with E-state index in [1.54, 1.807) is 26.5 Å². The molecule has 0 radical (unpaired) electrons. The highest BCUT2D eigenvalue weighted by Crippen LogP contribution is 2.17. The summed E-state index contributed by atoms with van der Waals surface area (Å²) in [5.41, 5.74) is 1.61. The number of hydrogen-bond donors (Lipinski definition) is 2. The minimum atomic E-state index is -0.131. The highest BCUT2D eigenvalue weighted by atomic mass is 16.5. The fourth-order valence-corrected chi connectivity index (χ4v) is 2.39. The lowest BCUT2D eigenvalue weighted by Crippen LogP contribution is -2.26. The standard InChI is InChI=1S/C19H25N3O3/c1-24-13-5-11-20-18-9-8-16(14-22-18)19(23)21-12-10-15-6-3-4-7-17(15)25-2/h3-4,6-9,14H,5,10-13H2,1-2H3,(H,20,22)(H,21,23). The van der Waals surface area contributed by atoms with Gasteiger partial charge in [0.15, 0.2) is 0 Å². The third-order valence-corrected chi connectivity index (χ3v) is 3.73. The van der Waals surface area contributed by atoms with Crippen molar-refractivity contribution in [2.75, 3.05) is 39.2 Å². The predicted octanol–water partition coefficient (Wildman–Crippen LogP) is 2.51. The van der Waals surface area contributed by atoms with E-state index in [-0.39, 0.29) is 5.91 Å². The van der Waals surface area contributed by atoms with Crippen LogP contribution < -0.4 is 15.4 Å². The van der Waals surface area contributed by atoms with E-state index in [0.717, 1.165) is 30.1 Å². The monoisotopic (exact) mass is 343 g/mol. The molecule has 0 spiro atoms. The molecular formula is C19H25N3O3. The molecule has 6 nitrogen and oxygen atoms in total. The van der Waals surface area contributed by atoms with Crippen LogP contribution in [0.2, 0.25) is 0 Å². The van der Waals surface area contributed by atoms with E-state index < -0.39 is 0 Å². The van der Waals surface area contributed by atoms with Crippen LogP contribution in [0.3, 0.4) is 0 Å². The zero-order valence-electron chi connectivity index (χ0n) is 14.7. The molecule has 0 bridgehead atoms. The summed E-state index contributed by atoms with van der Waals surface area (Å²) in [4.78, 5) is 16.4. The minimum absolute atomic E-state index is 0.131. The van der Waals surface area contributed by atoms with E-state index in [4.69, 9.17) is 9.47 Å². The van der Waals surface area contributed by atoms with E-state index in [0.29, 0.717) is 25.1 Å². The minimum Gasteiger partial charge on any atom is -0.496 e. The fraction of sp³-hybridized carbons (Fsp3) is 0.368. The largest absolute Gasteiger partial charge is 0.496 e. The molecular weight excluding hydrogens is 318 g/mol. The average Bonchev–Trinajstić information content (AvgIpc) is 2.66. The number of nitrogens with one attached hydrogen (secondary N) is 2. The van der Waals surface area contributed by atoms with Crippen LogP contribution in [-0.2, 0) is 11.2 Å². The number of anilines is 1. The summed E-state index contributed by atoms with van der Waals surface area (Å²) >= 11 is 0. The number of amides is 1. The molecule has 0 aliphatic carbocycles. The summed E-state index contributed by atoms with van der Waals surface area (Å²) in [6.45, 7) is 2.03. The SMILES string of the molecule is COCCCNc1ccc(C(=O)NCCc2ccccc2OC)cn1. The predicted molar refractivity (Wildman–Crippen MR) is 98.3 cm³/mol. The van der Waals surface area contributed by atoms with Crippen LogP contribution in [-0.4, -0.2) is 44.8 Å². The number of carbonyl (C=O) groups is 1. The molecule has 1 heterocycles. The van der Waals surface area contributed by atoms with Gasteiger partial charge >= 0.3 is 0 Å². The zero-order valence-corrected chi connectivity index (χ0v) is 14.7. The third-order valence-electron chi connectivity index (χ3n) is 3.73. The van der Waals surface area contributed by atoms with Gasteiger partial charge in [0.05, 0.1) is 12.7 Å². The van der Waals surface area contributed by atoms with Gasteiger partial charge < -0.3 is 20.1 Å². The van der Waals surface area contributed by atoms with Gasteiger partial charge in [-0.05, 0) is 36.6 Å². The van der Waals surface area contributed by atoms with Crippen molar-refractivity contribution in [3.63, 3.8) is 0 Å². The Morgan fingerprint density at radius 1 is 1.12 bits per heavy atom. The van der Waals surface area contributed by atoms with Crippen LogP contribution in [0.1, 0.15) is 22.3 Å². The first-order valence-corrected chi connectivity index (χ1v) is 8.33. The molecule has 6 heteroatoms. The maximum absolute atomic E-state index is 12.2. The summed E-state index contributed by atoms with van der Waals surface area (Å²) in [6.07, 6.45) is 3.20. The maximum Gasteiger partial charge on any atom is 0.252 e. The molecule has 1 amide bonds. The van der Waals surface area contributed by atoms with Crippen LogP contribution in [0.15, 0.2) is 42.6 Å². The summed E-state index contributed by atoms with van der Waals surface area (Å²) in [6, 6.07) is 11.4. The molecule has 0 unspecified atom stereocenters. The first-order valence-electron chi connectivity index (χ1n) is 8.33. The van der Waals surface area contributed by atoms with Gasteiger partial charge in [-0.1, -0.05) is 18.2 Å². The van der Waals surface area contributed by atoms with Crippen LogP contribution in [0.4, 0.5) is 5.82 Å². The zero-order chi connectivity index (χ0) is 17.9. The second-order valence-electron chi connectivity index (χ2n) is 5.52. The lowest BCUT2D eigenvalue weighted by atomic mass is 10.1. The van der Waals surface area contributed by atoms with Crippen LogP contribution in [0.5, 0.6) is 5.75 Å². The molecule has 1 aromatic heterocycles. The Hall–Kier alpha value is -2.60. The van der Waals surface area contributed by atoms with E-state index in [1.807, 2.05) is 30.3 Å². The van der Waals surface area contributed by atoms with Gasteiger partial charge in [-0.3, -0.25) is 4.79 Å². The number of rotatable bonds is 10. The Kier molecular flexibility index (Phi) is 7.72. The molecule has 1 aromatic carbocycles. The maximum atomic E-state index is 12.2. The molecule has 0 saturated carbocycles. The van der Waals surface area contributed by atoms with Gasteiger partial charge in [0, 0.05) is 33.0 Å². The van der Waals surface area contributed by atoms with E-state index in [2.05, 4.69) is 15.6 Å². The van der Waals surface area contributed by atoms with E-state index >= 15 is 0 Å². The second kappa shape index (κ2) is 10.3. The highest BCUT2D eigenvalue weighted by Gasteiger charge is 2.07. The summed E-state index contributed by atoms with van der Waals surface area (Å²) in [5.74, 6) is 1.46. The van der Waals surface area contributed by atoms with E-state index in [9.17, 15) is 4.79 Å². The van der Waals surface area contributed by atoms with Crippen LogP contribution in [0.25, 0.3) is 0 Å². The van der Waals surface area contributed by atoms with Crippen molar-refractivity contribution in [3.05, 3.63) is 53.7 Å². The molecule has 2 rings (SSSR count). The van der Waals surface area contributed by atoms with Gasteiger partial charge in [-0.25, -0.2) is 4.98 Å². The number of nitrogens with zero attached hydrogens (tertiary/aromatic N) is 1. The number of ether oxygens (including phenoxy) is 2. The quantitative estimate of drug-likeness (QED) is 0.649. The number of benzene rings is 1. The smallest absolute Gasteiger partial charge is 0.252 e. The van der Waals surface area contributed by atoms with Crippen molar-refractivity contribution in [1.82, 2.24) is 10.3 Å². The summed E-state index contributed by atoms with van der Waals surface area (Å²) in [5, 5.41) is 6.09. The summed E-state index contributed by atoms with van der Waals surface area (Å²) in [7, 11) is 3.33. The molecule has 134 valence electrons. The molecule has 0 aliphatic rings. The third kappa shape index (κ3) is 6.08. The number of para-hydroxylation sites is 1. The Morgan fingerprint density at radius 2 is 1.96 bits per heavy atom. The van der Waals surface area contributed by atoms with Gasteiger partial charge in [0.1, 0.15) is 11.6 Å². The van der Waals surface area contributed by atoms with Gasteiger partial charge in [0.2, 0.25) is 0 Å². The number of hydrogen-bond acceptors (Lipinski definition) is 5. The first-order chi connectivity index (χ1) is 12.2. The fourth-order valence-electron chi connectivity index (χ4n) is 2.39. The van der Waals surface area contributed by atoms with E-state index in [1.165, 1.54) is 0 Å². The highest BCUT2D eigenvalue weighted by molar-refractivity contribution is 5.94. The molecule has 0 atom stereocenters. The number of pyridine rings is 1. The Morgan fingerprint density at radius 3 is 2.68 bits per heavy atom.